The quantitative estimate of drug-likeness (QED) is 0.691. The number of anilines is 1. The Hall–Kier alpha value is -3.16. The van der Waals surface area contributed by atoms with E-state index >= 15 is 0 Å². The SMILES string of the molecule is COC(=O)Cc1cccc(Cn2c(O)nc3c(N)nc(C)nc32)c1. The fraction of sp³-hybridized carbons (Fsp3) is 0.250. The third-order valence-electron chi connectivity index (χ3n) is 3.62. The van der Waals surface area contributed by atoms with E-state index in [9.17, 15) is 9.90 Å². The summed E-state index contributed by atoms with van der Waals surface area (Å²) in [5.74, 6) is 0.422. The molecule has 0 aliphatic carbocycles. The molecule has 2 aromatic heterocycles. The van der Waals surface area contributed by atoms with E-state index < -0.39 is 0 Å². The van der Waals surface area contributed by atoms with Gasteiger partial charge in [-0.3, -0.25) is 9.36 Å². The molecule has 0 aliphatic heterocycles. The van der Waals surface area contributed by atoms with Crippen molar-refractivity contribution in [3.05, 3.63) is 41.2 Å². The maximum atomic E-state index is 11.4. The topological polar surface area (TPSA) is 116 Å². The van der Waals surface area contributed by atoms with Gasteiger partial charge in [0.1, 0.15) is 5.82 Å². The number of methoxy groups -OCH3 is 1. The van der Waals surface area contributed by atoms with Gasteiger partial charge in [0.25, 0.3) is 6.01 Å². The highest BCUT2D eigenvalue weighted by Crippen LogP contribution is 2.24. The van der Waals surface area contributed by atoms with E-state index in [2.05, 4.69) is 19.7 Å². The Labute approximate surface area is 137 Å². The summed E-state index contributed by atoms with van der Waals surface area (Å²) in [6, 6.07) is 7.27. The van der Waals surface area contributed by atoms with E-state index in [4.69, 9.17) is 5.73 Å². The number of nitrogens with zero attached hydrogens (tertiary/aromatic N) is 4. The zero-order valence-corrected chi connectivity index (χ0v) is 13.4. The van der Waals surface area contributed by atoms with Gasteiger partial charge in [0.05, 0.1) is 20.1 Å². The summed E-state index contributed by atoms with van der Waals surface area (Å²) >= 11 is 0. The molecule has 0 radical (unpaired) electrons. The van der Waals surface area contributed by atoms with Crippen LogP contribution in [0.5, 0.6) is 6.01 Å². The number of rotatable bonds is 4. The number of imidazole rings is 1. The van der Waals surface area contributed by atoms with Crippen molar-refractivity contribution in [3.63, 3.8) is 0 Å². The van der Waals surface area contributed by atoms with Crippen LogP contribution in [0.2, 0.25) is 0 Å². The Morgan fingerprint density at radius 1 is 1.29 bits per heavy atom. The van der Waals surface area contributed by atoms with Crippen LogP contribution in [0, 0.1) is 6.92 Å². The van der Waals surface area contributed by atoms with Gasteiger partial charge in [0, 0.05) is 0 Å². The van der Waals surface area contributed by atoms with Crippen LogP contribution < -0.4 is 5.73 Å². The second kappa shape index (κ2) is 6.15. The molecule has 3 aromatic rings. The number of nitrogens with two attached hydrogens (primary N) is 1. The van der Waals surface area contributed by atoms with Gasteiger partial charge >= 0.3 is 5.97 Å². The molecular weight excluding hydrogens is 310 g/mol. The van der Waals surface area contributed by atoms with Gasteiger partial charge in [-0.25, -0.2) is 9.97 Å². The highest BCUT2D eigenvalue weighted by atomic mass is 16.5. The summed E-state index contributed by atoms with van der Waals surface area (Å²) < 4.78 is 6.23. The predicted octanol–water partition coefficient (Wildman–Crippen LogP) is 1.19. The Morgan fingerprint density at radius 2 is 2.04 bits per heavy atom. The number of esters is 1. The second-order valence-corrected chi connectivity index (χ2v) is 5.40. The minimum Gasteiger partial charge on any atom is -0.480 e. The molecular formula is C16H17N5O3. The van der Waals surface area contributed by atoms with Crippen molar-refractivity contribution in [1.29, 1.82) is 0 Å². The number of nitrogen functional groups attached to an aromatic ring is 1. The van der Waals surface area contributed by atoms with Gasteiger partial charge in [0.2, 0.25) is 0 Å². The normalized spacial score (nSPS) is 10.9. The summed E-state index contributed by atoms with van der Waals surface area (Å²) in [6.45, 7) is 2.06. The van der Waals surface area contributed by atoms with Gasteiger partial charge in [-0.1, -0.05) is 24.3 Å². The molecule has 1 aromatic carbocycles. The predicted molar refractivity (Wildman–Crippen MR) is 87.4 cm³/mol. The molecule has 0 amide bonds. The number of aryl methyl sites for hydroxylation is 1. The molecule has 2 heterocycles. The molecule has 124 valence electrons. The summed E-state index contributed by atoms with van der Waals surface area (Å²) in [6.07, 6.45) is 0.190. The molecule has 0 bridgehead atoms. The van der Waals surface area contributed by atoms with Gasteiger partial charge in [-0.2, -0.15) is 4.98 Å². The highest BCUT2D eigenvalue weighted by Gasteiger charge is 2.15. The maximum Gasteiger partial charge on any atom is 0.309 e. The molecule has 0 aliphatic rings. The number of aromatic hydroxyl groups is 1. The molecule has 0 fully saturated rings. The molecule has 8 heteroatoms. The zero-order valence-electron chi connectivity index (χ0n) is 13.4. The average molecular weight is 327 g/mol. The minimum absolute atomic E-state index is 0.185. The van der Waals surface area contributed by atoms with Gasteiger partial charge in [-0.15, -0.1) is 0 Å². The Balaban J connectivity index is 1.97. The first-order valence-electron chi connectivity index (χ1n) is 7.32. The Kier molecular flexibility index (Phi) is 4.03. The fourth-order valence-corrected chi connectivity index (χ4v) is 2.53. The molecule has 3 N–H and O–H groups in total. The standard InChI is InChI=1S/C16H17N5O3/c1-9-18-14(17)13-15(19-9)21(16(23)20-13)8-11-5-3-4-10(6-11)7-12(22)24-2/h3-6H,7-8H2,1-2H3,(H,20,23)(H2,17,18,19). The summed E-state index contributed by atoms with van der Waals surface area (Å²) in [7, 11) is 1.36. The summed E-state index contributed by atoms with van der Waals surface area (Å²) in [4.78, 5) is 23.8. The molecule has 0 unspecified atom stereocenters. The average Bonchev–Trinajstić information content (AvgIpc) is 2.84. The number of fused-ring (bicyclic) bond motifs is 1. The highest BCUT2D eigenvalue weighted by molar-refractivity contribution is 5.82. The number of hydrogen-bond acceptors (Lipinski definition) is 7. The summed E-state index contributed by atoms with van der Waals surface area (Å²) in [5, 5.41) is 10.1. The molecule has 3 rings (SSSR count). The number of benzene rings is 1. The smallest absolute Gasteiger partial charge is 0.309 e. The van der Waals surface area contributed by atoms with Crippen molar-refractivity contribution >= 4 is 23.0 Å². The van der Waals surface area contributed by atoms with Crippen LogP contribution in [-0.2, 0) is 22.5 Å². The third kappa shape index (κ3) is 2.98. The van der Waals surface area contributed by atoms with E-state index in [0.29, 0.717) is 23.5 Å². The number of ether oxygens (including phenoxy) is 1. The lowest BCUT2D eigenvalue weighted by molar-refractivity contribution is -0.139. The van der Waals surface area contributed by atoms with Gasteiger partial charge in [0.15, 0.2) is 17.0 Å². The number of carbonyl (C=O) groups is 1. The first-order valence-corrected chi connectivity index (χ1v) is 7.32. The number of aromatic nitrogens is 4. The van der Waals surface area contributed by atoms with Crippen molar-refractivity contribution in [1.82, 2.24) is 19.5 Å². The van der Waals surface area contributed by atoms with Crippen LogP contribution in [0.15, 0.2) is 24.3 Å². The van der Waals surface area contributed by atoms with E-state index in [1.807, 2.05) is 24.3 Å². The van der Waals surface area contributed by atoms with Crippen molar-refractivity contribution in [3.8, 4) is 6.01 Å². The van der Waals surface area contributed by atoms with Gasteiger partial charge in [-0.05, 0) is 18.1 Å². The molecule has 0 atom stereocenters. The van der Waals surface area contributed by atoms with Crippen molar-refractivity contribution in [2.24, 2.45) is 0 Å². The van der Waals surface area contributed by atoms with E-state index in [1.54, 1.807) is 11.5 Å². The van der Waals surface area contributed by atoms with Crippen molar-refractivity contribution in [2.75, 3.05) is 12.8 Å². The number of hydrogen-bond donors (Lipinski definition) is 2. The Bertz CT molecular complexity index is 919. The second-order valence-electron chi connectivity index (χ2n) is 5.40. The van der Waals surface area contributed by atoms with Crippen LogP contribution in [0.4, 0.5) is 5.82 Å². The van der Waals surface area contributed by atoms with Crippen LogP contribution in [0.1, 0.15) is 17.0 Å². The van der Waals surface area contributed by atoms with Crippen molar-refractivity contribution in [2.45, 2.75) is 19.9 Å². The fourth-order valence-electron chi connectivity index (χ4n) is 2.53. The monoisotopic (exact) mass is 327 g/mol. The Morgan fingerprint density at radius 3 is 2.79 bits per heavy atom. The molecule has 8 nitrogen and oxygen atoms in total. The van der Waals surface area contributed by atoms with Crippen LogP contribution >= 0.6 is 0 Å². The maximum absolute atomic E-state index is 11.4. The zero-order chi connectivity index (χ0) is 17.3. The molecule has 0 spiro atoms. The lowest BCUT2D eigenvalue weighted by atomic mass is 10.1. The first-order chi connectivity index (χ1) is 11.5. The number of carbonyl (C=O) groups excluding carboxylic acids is 1. The van der Waals surface area contributed by atoms with Crippen LogP contribution in [-0.4, -0.2) is 37.7 Å². The lowest BCUT2D eigenvalue weighted by Gasteiger charge is -2.08. The first kappa shape index (κ1) is 15.7. The van der Waals surface area contributed by atoms with Gasteiger partial charge < -0.3 is 15.6 Å². The largest absolute Gasteiger partial charge is 0.480 e. The van der Waals surface area contributed by atoms with E-state index in [1.165, 1.54) is 7.11 Å². The third-order valence-corrected chi connectivity index (χ3v) is 3.62. The van der Waals surface area contributed by atoms with Crippen LogP contribution in [0.3, 0.4) is 0 Å². The molecule has 24 heavy (non-hydrogen) atoms. The molecule has 0 saturated carbocycles. The van der Waals surface area contributed by atoms with E-state index in [0.717, 1.165) is 11.1 Å². The van der Waals surface area contributed by atoms with Crippen molar-refractivity contribution < 1.29 is 14.6 Å². The lowest BCUT2D eigenvalue weighted by Crippen LogP contribution is -2.06. The van der Waals surface area contributed by atoms with E-state index in [-0.39, 0.29) is 24.2 Å². The minimum atomic E-state index is -0.306. The summed E-state index contributed by atoms with van der Waals surface area (Å²) in [5.41, 5.74) is 8.39. The van der Waals surface area contributed by atoms with Crippen LogP contribution in [0.25, 0.3) is 11.2 Å². The molecule has 0 saturated heterocycles.